The number of sulfonamides is 1. The summed E-state index contributed by atoms with van der Waals surface area (Å²) in [5, 5.41) is 9.61. The van der Waals surface area contributed by atoms with E-state index in [0.717, 1.165) is 12.8 Å². The van der Waals surface area contributed by atoms with Crippen LogP contribution < -0.4 is 0 Å². The summed E-state index contributed by atoms with van der Waals surface area (Å²) in [4.78, 5) is 0.00955. The topological polar surface area (TPSA) is 57.6 Å². The Morgan fingerprint density at radius 2 is 1.95 bits per heavy atom. The SMILES string of the molecule is CC1(C)CCCN(S(=O)(=O)c2cc(CO)c(Cl)cc2Cl)C1. The molecule has 0 spiro atoms. The van der Waals surface area contributed by atoms with Gasteiger partial charge in [-0.2, -0.15) is 4.31 Å². The molecule has 1 N–H and O–H groups in total. The number of benzene rings is 1. The molecule has 0 bridgehead atoms. The third-order valence-electron chi connectivity index (χ3n) is 3.75. The Bertz CT molecular complexity index is 644. The zero-order chi connectivity index (χ0) is 15.8. The summed E-state index contributed by atoms with van der Waals surface area (Å²) in [6.45, 7) is 4.72. The first-order valence-electron chi connectivity index (χ1n) is 6.76. The van der Waals surface area contributed by atoms with E-state index >= 15 is 0 Å². The van der Waals surface area contributed by atoms with Gasteiger partial charge in [0, 0.05) is 18.1 Å². The van der Waals surface area contributed by atoms with E-state index < -0.39 is 10.0 Å². The quantitative estimate of drug-likeness (QED) is 0.908. The van der Waals surface area contributed by atoms with Crippen molar-refractivity contribution < 1.29 is 13.5 Å². The summed E-state index contributed by atoms with van der Waals surface area (Å²) in [7, 11) is -3.68. The fraction of sp³-hybridized carbons (Fsp3) is 0.571. The van der Waals surface area contributed by atoms with Gasteiger partial charge < -0.3 is 5.11 Å². The van der Waals surface area contributed by atoms with Crippen molar-refractivity contribution in [3.05, 3.63) is 27.7 Å². The first-order valence-corrected chi connectivity index (χ1v) is 8.96. The predicted octanol–water partition coefficient (Wildman–Crippen LogP) is 3.30. The molecule has 0 aromatic heterocycles. The number of hydrogen-bond acceptors (Lipinski definition) is 3. The van der Waals surface area contributed by atoms with Gasteiger partial charge in [-0.3, -0.25) is 0 Å². The highest BCUT2D eigenvalue weighted by molar-refractivity contribution is 7.89. The zero-order valence-corrected chi connectivity index (χ0v) is 14.4. The van der Waals surface area contributed by atoms with E-state index in [1.807, 2.05) is 0 Å². The summed E-state index contributed by atoms with van der Waals surface area (Å²) in [5.74, 6) is 0. The van der Waals surface area contributed by atoms with Gasteiger partial charge in [0.2, 0.25) is 10.0 Å². The maximum absolute atomic E-state index is 12.8. The number of hydrogen-bond donors (Lipinski definition) is 1. The molecule has 2 rings (SSSR count). The molecule has 1 aromatic carbocycles. The minimum atomic E-state index is -3.68. The van der Waals surface area contributed by atoms with E-state index in [9.17, 15) is 13.5 Å². The minimum absolute atomic E-state index is 0.00955. The minimum Gasteiger partial charge on any atom is -0.392 e. The van der Waals surface area contributed by atoms with Crippen LogP contribution >= 0.6 is 23.2 Å². The van der Waals surface area contributed by atoms with Gasteiger partial charge in [0.05, 0.1) is 11.6 Å². The molecule has 4 nitrogen and oxygen atoms in total. The smallest absolute Gasteiger partial charge is 0.244 e. The summed E-state index contributed by atoms with van der Waals surface area (Å²) >= 11 is 12.0. The molecule has 118 valence electrons. The predicted molar refractivity (Wildman–Crippen MR) is 84.2 cm³/mol. The monoisotopic (exact) mass is 351 g/mol. The molecule has 1 fully saturated rings. The van der Waals surface area contributed by atoms with Crippen molar-refractivity contribution in [2.45, 2.75) is 38.2 Å². The molecule has 21 heavy (non-hydrogen) atoms. The van der Waals surface area contributed by atoms with E-state index in [1.165, 1.54) is 16.4 Å². The Morgan fingerprint density at radius 3 is 2.52 bits per heavy atom. The number of aliphatic hydroxyl groups excluding tert-OH is 1. The number of halogens is 2. The lowest BCUT2D eigenvalue weighted by Crippen LogP contribution is -2.43. The van der Waals surface area contributed by atoms with Crippen molar-refractivity contribution in [2.24, 2.45) is 5.41 Å². The number of aliphatic hydroxyl groups is 1. The molecule has 7 heteroatoms. The first-order chi connectivity index (χ1) is 9.67. The highest BCUT2D eigenvalue weighted by Gasteiger charge is 2.35. The molecule has 0 atom stereocenters. The van der Waals surface area contributed by atoms with Crippen LogP contribution in [0.4, 0.5) is 0 Å². The number of piperidine rings is 1. The third-order valence-corrected chi connectivity index (χ3v) is 6.42. The van der Waals surface area contributed by atoms with Crippen LogP contribution in [-0.4, -0.2) is 30.9 Å². The first kappa shape index (κ1) is 17.0. The van der Waals surface area contributed by atoms with Crippen LogP contribution in [-0.2, 0) is 16.6 Å². The standard InChI is InChI=1S/C14H19Cl2NO3S/c1-14(2)4-3-5-17(9-14)21(19,20)13-6-10(8-18)11(15)7-12(13)16/h6-7,18H,3-5,8-9H2,1-2H3. The van der Waals surface area contributed by atoms with Crippen molar-refractivity contribution >= 4 is 33.2 Å². The molecular weight excluding hydrogens is 333 g/mol. The summed E-state index contributed by atoms with van der Waals surface area (Å²) in [5.41, 5.74) is 0.306. The summed E-state index contributed by atoms with van der Waals surface area (Å²) in [6, 6.07) is 2.73. The molecule has 1 heterocycles. The average Bonchev–Trinajstić information content (AvgIpc) is 2.37. The molecular formula is C14H19Cl2NO3S. The van der Waals surface area contributed by atoms with Gasteiger partial charge in [0.25, 0.3) is 0 Å². The summed E-state index contributed by atoms with van der Waals surface area (Å²) in [6.07, 6.45) is 1.82. The van der Waals surface area contributed by atoms with Gasteiger partial charge in [0.15, 0.2) is 0 Å². The van der Waals surface area contributed by atoms with E-state index in [-0.39, 0.29) is 27.0 Å². The third kappa shape index (κ3) is 3.54. The second-order valence-electron chi connectivity index (χ2n) is 6.14. The lowest BCUT2D eigenvalue weighted by atomic mass is 9.85. The van der Waals surface area contributed by atoms with E-state index in [4.69, 9.17) is 23.2 Å². The molecule has 0 saturated carbocycles. The van der Waals surface area contributed by atoms with Crippen LogP contribution in [0.15, 0.2) is 17.0 Å². The van der Waals surface area contributed by atoms with Gasteiger partial charge in [-0.1, -0.05) is 37.0 Å². The second-order valence-corrected chi connectivity index (χ2v) is 8.86. The van der Waals surface area contributed by atoms with Crippen molar-refractivity contribution in [1.29, 1.82) is 0 Å². The van der Waals surface area contributed by atoms with Crippen molar-refractivity contribution in [1.82, 2.24) is 4.31 Å². The lowest BCUT2D eigenvalue weighted by molar-refractivity contribution is 0.187. The van der Waals surface area contributed by atoms with Crippen LogP contribution in [0.3, 0.4) is 0 Å². The molecule has 1 aromatic rings. The Labute approximate surface area is 135 Å². The van der Waals surface area contributed by atoms with E-state index in [1.54, 1.807) is 0 Å². The normalized spacial score (nSPS) is 19.7. The molecule has 1 aliphatic heterocycles. The van der Waals surface area contributed by atoms with Gasteiger partial charge in [-0.25, -0.2) is 8.42 Å². The highest BCUT2D eigenvalue weighted by Crippen LogP contribution is 2.35. The molecule has 0 amide bonds. The summed E-state index contributed by atoms with van der Waals surface area (Å²) < 4.78 is 27.0. The van der Waals surface area contributed by atoms with Crippen LogP contribution in [0.2, 0.25) is 10.0 Å². The fourth-order valence-electron chi connectivity index (χ4n) is 2.60. The molecule has 0 radical (unpaired) electrons. The Kier molecular flexibility index (Phi) is 4.90. The Hall–Kier alpha value is -0.330. The molecule has 0 unspecified atom stereocenters. The van der Waals surface area contributed by atoms with Gasteiger partial charge in [-0.15, -0.1) is 0 Å². The largest absolute Gasteiger partial charge is 0.392 e. The number of nitrogens with zero attached hydrogens (tertiary/aromatic N) is 1. The lowest BCUT2D eigenvalue weighted by Gasteiger charge is -2.37. The van der Waals surface area contributed by atoms with Crippen LogP contribution in [0.25, 0.3) is 0 Å². The Balaban J connectivity index is 2.44. The van der Waals surface area contributed by atoms with Crippen molar-refractivity contribution in [3.8, 4) is 0 Å². The average molecular weight is 352 g/mol. The number of rotatable bonds is 3. The maximum atomic E-state index is 12.8. The van der Waals surface area contributed by atoms with Gasteiger partial charge in [-0.05, 0) is 36.0 Å². The second kappa shape index (κ2) is 6.05. The molecule has 1 aliphatic rings. The Morgan fingerprint density at radius 1 is 1.29 bits per heavy atom. The van der Waals surface area contributed by atoms with E-state index in [0.29, 0.717) is 18.7 Å². The van der Waals surface area contributed by atoms with Crippen molar-refractivity contribution in [2.75, 3.05) is 13.1 Å². The van der Waals surface area contributed by atoms with Crippen LogP contribution in [0.5, 0.6) is 0 Å². The maximum Gasteiger partial charge on any atom is 0.244 e. The molecule has 0 aliphatic carbocycles. The van der Waals surface area contributed by atoms with Gasteiger partial charge in [0.1, 0.15) is 4.90 Å². The van der Waals surface area contributed by atoms with Crippen LogP contribution in [0.1, 0.15) is 32.3 Å². The fourth-order valence-corrected chi connectivity index (χ4v) is 5.10. The van der Waals surface area contributed by atoms with E-state index in [2.05, 4.69) is 13.8 Å². The van der Waals surface area contributed by atoms with Crippen LogP contribution in [0, 0.1) is 5.41 Å². The molecule has 1 saturated heterocycles. The van der Waals surface area contributed by atoms with Crippen molar-refractivity contribution in [3.63, 3.8) is 0 Å². The zero-order valence-electron chi connectivity index (χ0n) is 12.1. The van der Waals surface area contributed by atoms with Gasteiger partial charge >= 0.3 is 0 Å². The highest BCUT2D eigenvalue weighted by atomic mass is 35.5.